The highest BCUT2D eigenvalue weighted by Crippen LogP contribution is 2.38. The van der Waals surface area contributed by atoms with Crippen LogP contribution in [-0.4, -0.2) is 71.6 Å². The second-order valence-corrected chi connectivity index (χ2v) is 10.3. The molecule has 1 atom stereocenters. The molecule has 2 saturated heterocycles. The largest absolute Gasteiger partial charge is 0.478 e. The first kappa shape index (κ1) is 29.1. The van der Waals surface area contributed by atoms with Crippen molar-refractivity contribution in [2.45, 2.75) is 32.2 Å². The Labute approximate surface area is 238 Å². The first-order valence-corrected chi connectivity index (χ1v) is 13.4. The lowest BCUT2D eigenvalue weighted by Crippen LogP contribution is -2.46. The smallest absolute Gasteiger partial charge is 0.339 e. The van der Waals surface area contributed by atoms with Crippen LogP contribution in [0.3, 0.4) is 0 Å². The van der Waals surface area contributed by atoms with Crippen LogP contribution in [0.4, 0.5) is 20.2 Å². The van der Waals surface area contributed by atoms with Crippen LogP contribution < -0.4 is 9.80 Å². The molecule has 0 saturated carbocycles. The van der Waals surface area contributed by atoms with Crippen LogP contribution in [0.15, 0.2) is 48.7 Å². The number of aromatic carboxylic acids is 1. The number of aromatic nitrogens is 2. The van der Waals surface area contributed by atoms with E-state index >= 15 is 0 Å². The van der Waals surface area contributed by atoms with Crippen LogP contribution in [0, 0.1) is 0 Å². The van der Waals surface area contributed by atoms with E-state index in [1.54, 1.807) is 0 Å². The Morgan fingerprint density at radius 3 is 2.44 bits per heavy atom. The van der Waals surface area contributed by atoms with Gasteiger partial charge in [0.05, 0.1) is 12.2 Å². The Hall–Kier alpha value is -2.88. The molecule has 0 radical (unpaired) electrons. The maximum atomic E-state index is 13.8. The van der Waals surface area contributed by atoms with Crippen LogP contribution in [0.2, 0.25) is 5.02 Å². The van der Waals surface area contributed by atoms with Gasteiger partial charge in [-0.15, -0.1) is 12.4 Å². The van der Waals surface area contributed by atoms with Crippen molar-refractivity contribution in [3.63, 3.8) is 0 Å². The second kappa shape index (κ2) is 12.5. The predicted molar refractivity (Wildman–Crippen MR) is 153 cm³/mol. The van der Waals surface area contributed by atoms with Gasteiger partial charge in [0.1, 0.15) is 11.3 Å². The number of benzene rings is 2. The zero-order valence-corrected chi connectivity index (χ0v) is 23.3. The van der Waals surface area contributed by atoms with E-state index in [1.807, 2.05) is 18.2 Å². The van der Waals surface area contributed by atoms with Crippen molar-refractivity contribution in [3.8, 4) is 11.1 Å². The number of hydrogen-bond acceptors (Lipinski definition) is 5. The highest BCUT2D eigenvalue weighted by molar-refractivity contribution is 6.31. The third-order valence-corrected chi connectivity index (χ3v) is 7.91. The number of piperazine rings is 1. The Kier molecular flexibility index (Phi) is 9.35. The predicted octanol–water partition coefficient (Wildman–Crippen LogP) is 6.24. The minimum absolute atomic E-state index is 0. The summed E-state index contributed by atoms with van der Waals surface area (Å²) in [6.45, 7) is 8.57. The highest BCUT2D eigenvalue weighted by atomic mass is 35.5. The van der Waals surface area contributed by atoms with E-state index in [4.69, 9.17) is 11.6 Å². The molecule has 11 heteroatoms. The normalized spacial score (nSPS) is 18.3. The van der Waals surface area contributed by atoms with Gasteiger partial charge in [-0.25, -0.2) is 13.6 Å². The maximum Gasteiger partial charge on any atom is 0.339 e. The molecule has 7 nitrogen and oxygen atoms in total. The van der Waals surface area contributed by atoms with Crippen molar-refractivity contribution < 1.29 is 18.7 Å². The number of carboxylic acids is 1. The molecule has 0 spiro atoms. The SMILES string of the molecule is CCN1CCN(c2ccc(-c3ccc(Cl)cc3N3CCCC(n4ncc(C(=O)O)c4C(F)F)C3)cc2)CC1.Cl. The molecule has 0 aliphatic carbocycles. The molecule has 39 heavy (non-hydrogen) atoms. The lowest BCUT2D eigenvalue weighted by Gasteiger charge is -2.36. The van der Waals surface area contributed by atoms with Gasteiger partial charge in [0.2, 0.25) is 0 Å². The van der Waals surface area contributed by atoms with E-state index < -0.39 is 23.7 Å². The number of alkyl halides is 2. The minimum Gasteiger partial charge on any atom is -0.478 e. The average Bonchev–Trinajstić information content (AvgIpc) is 3.40. The van der Waals surface area contributed by atoms with Gasteiger partial charge in [-0.05, 0) is 49.2 Å². The fourth-order valence-electron chi connectivity index (χ4n) is 5.60. The third-order valence-electron chi connectivity index (χ3n) is 7.68. The lowest BCUT2D eigenvalue weighted by atomic mass is 9.99. The van der Waals surface area contributed by atoms with E-state index in [-0.39, 0.29) is 18.4 Å². The molecule has 210 valence electrons. The van der Waals surface area contributed by atoms with Gasteiger partial charge in [-0.2, -0.15) is 5.10 Å². The number of nitrogens with zero attached hydrogens (tertiary/aromatic N) is 5. The summed E-state index contributed by atoms with van der Waals surface area (Å²) in [6.07, 6.45) is -0.516. The van der Waals surface area contributed by atoms with Gasteiger partial charge in [0.25, 0.3) is 6.43 Å². The average molecular weight is 581 g/mol. The Morgan fingerprint density at radius 2 is 1.79 bits per heavy atom. The maximum absolute atomic E-state index is 13.8. The molecule has 1 N–H and O–H groups in total. The summed E-state index contributed by atoms with van der Waals surface area (Å²) in [7, 11) is 0. The van der Waals surface area contributed by atoms with Gasteiger partial charge in [-0.1, -0.05) is 36.7 Å². The molecule has 0 amide bonds. The molecular formula is C28H33Cl2F2N5O2. The monoisotopic (exact) mass is 579 g/mol. The topological polar surface area (TPSA) is 64.8 Å². The fourth-order valence-corrected chi connectivity index (χ4v) is 5.77. The summed E-state index contributed by atoms with van der Waals surface area (Å²) in [5.74, 6) is -1.40. The summed E-state index contributed by atoms with van der Waals surface area (Å²) in [6, 6.07) is 13.9. The molecule has 5 rings (SSSR count). The van der Waals surface area contributed by atoms with E-state index in [0.29, 0.717) is 18.0 Å². The van der Waals surface area contributed by atoms with Gasteiger partial charge >= 0.3 is 5.97 Å². The fraction of sp³-hybridized carbons (Fsp3) is 0.429. The van der Waals surface area contributed by atoms with Crippen LogP contribution in [0.1, 0.15) is 48.3 Å². The summed E-state index contributed by atoms with van der Waals surface area (Å²) < 4.78 is 28.9. The van der Waals surface area contributed by atoms with Crippen LogP contribution >= 0.6 is 24.0 Å². The summed E-state index contributed by atoms with van der Waals surface area (Å²) in [5.41, 5.74) is 3.21. The molecule has 1 unspecified atom stereocenters. The molecule has 0 bridgehead atoms. The molecular weight excluding hydrogens is 547 g/mol. The van der Waals surface area contributed by atoms with Crippen molar-refractivity contribution in [2.75, 3.05) is 55.6 Å². The number of carboxylic acid groups (broad SMARTS) is 1. The standard InChI is InChI=1S/C28H32ClF2N5O2.ClH/c1-2-33-12-14-34(15-13-33)21-8-5-19(6-9-21)23-10-7-20(29)16-25(23)35-11-3-4-22(18-35)36-26(27(30)31)24(17-32-36)28(37)38;/h5-10,16-17,22,27H,2-4,11-15,18H2,1H3,(H,37,38);1H. The number of anilines is 2. The molecule has 3 heterocycles. The van der Waals surface area contributed by atoms with Gasteiger partial charge in [-0.3, -0.25) is 4.68 Å². The van der Waals surface area contributed by atoms with Crippen molar-refractivity contribution in [1.82, 2.24) is 14.7 Å². The van der Waals surface area contributed by atoms with Crippen molar-refractivity contribution >= 4 is 41.4 Å². The summed E-state index contributed by atoms with van der Waals surface area (Å²) in [5, 5.41) is 14.0. The molecule has 2 aromatic carbocycles. The molecule has 2 fully saturated rings. The Balaban J connectivity index is 0.00000353. The van der Waals surface area contributed by atoms with E-state index in [0.717, 1.165) is 68.7 Å². The molecule has 2 aliphatic rings. The number of likely N-dealkylation sites (N-methyl/N-ethyl adjacent to an activating group) is 1. The van der Waals surface area contributed by atoms with Gasteiger partial charge < -0.3 is 19.8 Å². The lowest BCUT2D eigenvalue weighted by molar-refractivity contribution is 0.0681. The van der Waals surface area contributed by atoms with Crippen LogP contribution in [-0.2, 0) is 0 Å². The van der Waals surface area contributed by atoms with E-state index in [1.165, 1.54) is 10.4 Å². The van der Waals surface area contributed by atoms with Crippen molar-refractivity contribution in [1.29, 1.82) is 0 Å². The van der Waals surface area contributed by atoms with Crippen LogP contribution in [0.25, 0.3) is 11.1 Å². The summed E-state index contributed by atoms with van der Waals surface area (Å²) in [4.78, 5) is 18.5. The zero-order chi connectivity index (χ0) is 26.8. The van der Waals surface area contributed by atoms with Crippen molar-refractivity contribution in [3.05, 3.63) is 64.9 Å². The molecule has 2 aliphatic heterocycles. The molecule has 1 aromatic heterocycles. The number of carbonyl (C=O) groups is 1. The highest BCUT2D eigenvalue weighted by Gasteiger charge is 2.31. The van der Waals surface area contributed by atoms with Gasteiger partial charge in [0.15, 0.2) is 0 Å². The first-order chi connectivity index (χ1) is 18.4. The second-order valence-electron chi connectivity index (χ2n) is 9.87. The van der Waals surface area contributed by atoms with E-state index in [2.05, 4.69) is 51.0 Å². The minimum atomic E-state index is -2.93. The Bertz CT molecular complexity index is 1280. The zero-order valence-electron chi connectivity index (χ0n) is 21.8. The number of hydrogen-bond donors (Lipinski definition) is 1. The summed E-state index contributed by atoms with van der Waals surface area (Å²) >= 11 is 6.41. The third kappa shape index (κ3) is 6.15. The Morgan fingerprint density at radius 1 is 1.08 bits per heavy atom. The quantitative estimate of drug-likeness (QED) is 0.357. The van der Waals surface area contributed by atoms with E-state index in [9.17, 15) is 18.7 Å². The first-order valence-electron chi connectivity index (χ1n) is 13.1. The molecule has 3 aromatic rings. The van der Waals surface area contributed by atoms with Gasteiger partial charge in [0, 0.05) is 61.2 Å². The number of piperidine rings is 1. The number of halogens is 4. The van der Waals surface area contributed by atoms with Crippen LogP contribution in [0.5, 0.6) is 0 Å². The number of rotatable bonds is 7. The van der Waals surface area contributed by atoms with Crippen molar-refractivity contribution in [2.24, 2.45) is 0 Å².